The maximum absolute atomic E-state index is 6.26. The van der Waals surface area contributed by atoms with Gasteiger partial charge in [-0.2, -0.15) is 11.8 Å². The maximum atomic E-state index is 6.26. The molecule has 1 fully saturated rings. The Labute approximate surface area is 115 Å². The van der Waals surface area contributed by atoms with Crippen molar-refractivity contribution in [2.45, 2.75) is 44.1 Å². The number of thioether (sulfide) groups is 1. The van der Waals surface area contributed by atoms with E-state index >= 15 is 0 Å². The van der Waals surface area contributed by atoms with Gasteiger partial charge in [0.05, 0.1) is 0 Å². The van der Waals surface area contributed by atoms with Crippen LogP contribution in [0.25, 0.3) is 0 Å². The molecule has 0 radical (unpaired) electrons. The highest BCUT2D eigenvalue weighted by atomic mass is 32.2. The second-order valence-corrected chi connectivity index (χ2v) is 6.75. The third kappa shape index (κ3) is 2.90. The smallest absolute Gasteiger partial charge is 0.0500 e. The fraction of sp³-hybridized carbons (Fsp3) is 0.600. The molecule has 1 saturated heterocycles. The highest BCUT2D eigenvalue weighted by Crippen LogP contribution is 2.33. The molecular weight excluding hydrogens is 240 g/mol. The summed E-state index contributed by atoms with van der Waals surface area (Å²) in [6.07, 6.45) is 0. The molecule has 0 bridgehead atoms. The normalized spacial score (nSPS) is 28.9. The van der Waals surface area contributed by atoms with Crippen LogP contribution in [0.15, 0.2) is 30.3 Å². The van der Waals surface area contributed by atoms with Crippen LogP contribution in [0, 0.1) is 0 Å². The summed E-state index contributed by atoms with van der Waals surface area (Å²) in [6, 6.07) is 11.8. The van der Waals surface area contributed by atoms with Crippen molar-refractivity contribution in [1.82, 2.24) is 4.90 Å². The summed E-state index contributed by atoms with van der Waals surface area (Å²) in [5, 5.41) is 0.684. The quantitative estimate of drug-likeness (QED) is 0.910. The van der Waals surface area contributed by atoms with Crippen LogP contribution >= 0.6 is 11.8 Å². The van der Waals surface area contributed by atoms with Gasteiger partial charge in [0.2, 0.25) is 0 Å². The van der Waals surface area contributed by atoms with E-state index in [0.29, 0.717) is 17.3 Å². The van der Waals surface area contributed by atoms with Gasteiger partial charge in [-0.3, -0.25) is 4.90 Å². The zero-order chi connectivity index (χ0) is 13.1. The van der Waals surface area contributed by atoms with Crippen LogP contribution in [0.1, 0.15) is 32.4 Å². The Hall–Kier alpha value is -0.510. The number of nitrogens with two attached hydrogens (primary N) is 1. The van der Waals surface area contributed by atoms with Crippen LogP contribution < -0.4 is 5.73 Å². The van der Waals surface area contributed by atoms with Gasteiger partial charge in [-0.05, 0) is 19.4 Å². The number of nitrogens with zero attached hydrogens (tertiary/aromatic N) is 1. The second kappa shape index (κ2) is 6.09. The van der Waals surface area contributed by atoms with E-state index in [1.54, 1.807) is 0 Å². The minimum absolute atomic E-state index is 0.158. The molecular formula is C15H24N2S. The predicted molar refractivity (Wildman–Crippen MR) is 80.9 cm³/mol. The summed E-state index contributed by atoms with van der Waals surface area (Å²) in [7, 11) is 0. The van der Waals surface area contributed by atoms with Gasteiger partial charge < -0.3 is 5.73 Å². The molecule has 4 atom stereocenters. The van der Waals surface area contributed by atoms with E-state index in [1.165, 1.54) is 11.3 Å². The fourth-order valence-electron chi connectivity index (χ4n) is 2.80. The third-order valence-electron chi connectivity index (χ3n) is 3.93. The highest BCUT2D eigenvalue weighted by molar-refractivity contribution is 8.00. The lowest BCUT2D eigenvalue weighted by Gasteiger charge is -2.44. The molecule has 4 unspecified atom stereocenters. The van der Waals surface area contributed by atoms with Gasteiger partial charge in [-0.1, -0.05) is 37.3 Å². The predicted octanol–water partition coefficient (Wildman–Crippen LogP) is 2.90. The van der Waals surface area contributed by atoms with E-state index in [1.807, 2.05) is 0 Å². The topological polar surface area (TPSA) is 29.3 Å². The number of rotatable bonds is 3. The summed E-state index contributed by atoms with van der Waals surface area (Å²) in [5.41, 5.74) is 7.60. The van der Waals surface area contributed by atoms with Gasteiger partial charge in [0.1, 0.15) is 0 Å². The average Bonchev–Trinajstić information content (AvgIpc) is 2.36. The summed E-state index contributed by atoms with van der Waals surface area (Å²) in [5.74, 6) is 1.21. The molecule has 2 N–H and O–H groups in total. The molecule has 1 aliphatic heterocycles. The van der Waals surface area contributed by atoms with Crippen molar-refractivity contribution in [3.63, 3.8) is 0 Å². The molecule has 3 heteroatoms. The average molecular weight is 264 g/mol. The second-order valence-electron chi connectivity index (χ2n) is 5.27. The Morgan fingerprint density at radius 2 is 1.94 bits per heavy atom. The van der Waals surface area contributed by atoms with E-state index in [0.717, 1.165) is 6.54 Å². The first-order valence-corrected chi connectivity index (χ1v) is 7.84. The Bertz CT molecular complexity index is 366. The fourth-order valence-corrected chi connectivity index (χ4v) is 3.92. The Balaban J connectivity index is 2.25. The Kier molecular flexibility index (Phi) is 4.71. The summed E-state index contributed by atoms with van der Waals surface area (Å²) in [6.45, 7) is 7.91. The molecule has 0 spiro atoms. The van der Waals surface area contributed by atoms with Crippen molar-refractivity contribution in [3.05, 3.63) is 35.9 Å². The van der Waals surface area contributed by atoms with E-state index in [-0.39, 0.29) is 6.04 Å². The van der Waals surface area contributed by atoms with Crippen LogP contribution in [0.2, 0.25) is 0 Å². The maximum Gasteiger partial charge on any atom is 0.0500 e. The minimum Gasteiger partial charge on any atom is -0.326 e. The minimum atomic E-state index is 0.158. The van der Waals surface area contributed by atoms with Crippen LogP contribution in [-0.2, 0) is 0 Å². The Morgan fingerprint density at radius 1 is 1.28 bits per heavy atom. The third-order valence-corrected chi connectivity index (χ3v) is 5.27. The molecule has 0 aliphatic carbocycles. The Morgan fingerprint density at radius 3 is 2.56 bits per heavy atom. The summed E-state index contributed by atoms with van der Waals surface area (Å²) >= 11 is 2.07. The lowest BCUT2D eigenvalue weighted by Crippen LogP contribution is -2.50. The van der Waals surface area contributed by atoms with E-state index in [4.69, 9.17) is 5.73 Å². The van der Waals surface area contributed by atoms with Crippen molar-refractivity contribution >= 4 is 11.8 Å². The SMILES string of the molecule is CC(N)C(c1ccccc1)N1CCSC(C)C1C. The van der Waals surface area contributed by atoms with E-state index in [9.17, 15) is 0 Å². The van der Waals surface area contributed by atoms with E-state index in [2.05, 4.69) is 67.8 Å². The van der Waals surface area contributed by atoms with Gasteiger partial charge in [0.25, 0.3) is 0 Å². The van der Waals surface area contributed by atoms with Gasteiger partial charge >= 0.3 is 0 Å². The van der Waals surface area contributed by atoms with Gasteiger partial charge in [0.15, 0.2) is 0 Å². The monoisotopic (exact) mass is 264 g/mol. The highest BCUT2D eigenvalue weighted by Gasteiger charge is 2.33. The molecule has 1 aliphatic rings. The van der Waals surface area contributed by atoms with Crippen molar-refractivity contribution in [3.8, 4) is 0 Å². The first kappa shape index (κ1) is 13.9. The van der Waals surface area contributed by atoms with Crippen molar-refractivity contribution in [2.75, 3.05) is 12.3 Å². The summed E-state index contributed by atoms with van der Waals surface area (Å²) in [4.78, 5) is 2.58. The molecule has 18 heavy (non-hydrogen) atoms. The van der Waals surface area contributed by atoms with Crippen LogP contribution in [-0.4, -0.2) is 34.5 Å². The van der Waals surface area contributed by atoms with Crippen molar-refractivity contribution in [1.29, 1.82) is 0 Å². The molecule has 1 aromatic carbocycles. The zero-order valence-electron chi connectivity index (χ0n) is 11.5. The van der Waals surface area contributed by atoms with Crippen LogP contribution in [0.5, 0.6) is 0 Å². The molecule has 2 rings (SSSR count). The van der Waals surface area contributed by atoms with Gasteiger partial charge in [-0.25, -0.2) is 0 Å². The number of hydrogen-bond acceptors (Lipinski definition) is 3. The van der Waals surface area contributed by atoms with Crippen LogP contribution in [0.3, 0.4) is 0 Å². The molecule has 1 heterocycles. The van der Waals surface area contributed by atoms with Gasteiger partial charge in [-0.15, -0.1) is 0 Å². The first-order valence-electron chi connectivity index (χ1n) is 6.79. The summed E-state index contributed by atoms with van der Waals surface area (Å²) < 4.78 is 0. The first-order chi connectivity index (χ1) is 8.61. The molecule has 1 aromatic rings. The van der Waals surface area contributed by atoms with Crippen LogP contribution in [0.4, 0.5) is 0 Å². The molecule has 100 valence electrons. The van der Waals surface area contributed by atoms with Crippen molar-refractivity contribution in [2.24, 2.45) is 5.73 Å². The standard InChI is InChI=1S/C15H24N2S/c1-11(16)15(14-7-5-4-6-8-14)17-9-10-18-13(3)12(17)2/h4-8,11-13,15H,9-10,16H2,1-3H3. The van der Waals surface area contributed by atoms with E-state index < -0.39 is 0 Å². The lowest BCUT2D eigenvalue weighted by atomic mass is 9.97. The number of benzene rings is 1. The molecule has 2 nitrogen and oxygen atoms in total. The zero-order valence-corrected chi connectivity index (χ0v) is 12.4. The van der Waals surface area contributed by atoms with Crippen molar-refractivity contribution < 1.29 is 0 Å². The number of hydrogen-bond donors (Lipinski definition) is 1. The molecule has 0 amide bonds. The molecule has 0 aromatic heterocycles. The van der Waals surface area contributed by atoms with Gasteiger partial charge in [0, 0.05) is 35.7 Å². The molecule has 0 saturated carbocycles. The largest absolute Gasteiger partial charge is 0.326 e. The lowest BCUT2D eigenvalue weighted by molar-refractivity contribution is 0.130.